The van der Waals surface area contributed by atoms with Crippen molar-refractivity contribution in [3.63, 3.8) is 0 Å². The molecule has 1 heterocycles. The van der Waals surface area contributed by atoms with E-state index < -0.39 is 0 Å². The van der Waals surface area contributed by atoms with Gasteiger partial charge in [-0.15, -0.1) is 0 Å². The first-order chi connectivity index (χ1) is 9.63. The topological polar surface area (TPSA) is 28.2 Å². The Labute approximate surface area is 121 Å². The lowest BCUT2D eigenvalue weighted by atomic mass is 9.97. The fourth-order valence-corrected chi connectivity index (χ4v) is 2.81. The van der Waals surface area contributed by atoms with Crippen LogP contribution in [0.2, 0.25) is 0 Å². The summed E-state index contributed by atoms with van der Waals surface area (Å²) in [5.41, 5.74) is 0.920. The van der Waals surface area contributed by atoms with E-state index in [-0.39, 0.29) is 11.9 Å². The Morgan fingerprint density at radius 2 is 2.20 bits per heavy atom. The van der Waals surface area contributed by atoms with Gasteiger partial charge in [-0.2, -0.15) is 0 Å². The molecule has 0 spiro atoms. The molecule has 112 valence electrons. The SMILES string of the molecule is CCN(CC1CC1)CC(C)C(NC)c1ccc(F)cn1. The van der Waals surface area contributed by atoms with Gasteiger partial charge < -0.3 is 10.2 Å². The molecule has 1 aliphatic carbocycles. The predicted molar refractivity (Wildman–Crippen MR) is 80.0 cm³/mol. The van der Waals surface area contributed by atoms with Crippen molar-refractivity contribution >= 4 is 0 Å². The molecule has 1 aromatic heterocycles. The average Bonchev–Trinajstić information content (AvgIpc) is 3.25. The Morgan fingerprint density at radius 3 is 2.70 bits per heavy atom. The molecule has 4 heteroatoms. The number of nitrogens with one attached hydrogen (secondary N) is 1. The number of halogens is 1. The molecule has 0 amide bonds. The standard InChI is InChI=1S/C16H26FN3/c1-4-20(11-13-5-6-13)10-12(2)16(18-3)15-8-7-14(17)9-19-15/h7-9,12-13,16,18H,4-6,10-11H2,1-3H3. The molecular weight excluding hydrogens is 253 g/mol. The number of aromatic nitrogens is 1. The maximum atomic E-state index is 13.0. The lowest BCUT2D eigenvalue weighted by Crippen LogP contribution is -2.36. The smallest absolute Gasteiger partial charge is 0.141 e. The van der Waals surface area contributed by atoms with E-state index in [1.807, 2.05) is 7.05 Å². The summed E-state index contributed by atoms with van der Waals surface area (Å²) in [7, 11) is 1.95. The third-order valence-corrected chi connectivity index (χ3v) is 4.16. The van der Waals surface area contributed by atoms with Crippen molar-refractivity contribution in [3.8, 4) is 0 Å². The summed E-state index contributed by atoms with van der Waals surface area (Å²) in [4.78, 5) is 6.74. The highest BCUT2D eigenvalue weighted by molar-refractivity contribution is 5.11. The second-order valence-electron chi connectivity index (χ2n) is 5.94. The number of hydrogen-bond donors (Lipinski definition) is 1. The van der Waals surface area contributed by atoms with E-state index in [9.17, 15) is 4.39 Å². The van der Waals surface area contributed by atoms with E-state index in [0.29, 0.717) is 5.92 Å². The van der Waals surface area contributed by atoms with Gasteiger partial charge in [-0.3, -0.25) is 4.98 Å². The number of hydrogen-bond acceptors (Lipinski definition) is 3. The molecule has 3 nitrogen and oxygen atoms in total. The Morgan fingerprint density at radius 1 is 1.45 bits per heavy atom. The zero-order chi connectivity index (χ0) is 14.5. The van der Waals surface area contributed by atoms with Crippen molar-refractivity contribution in [1.29, 1.82) is 0 Å². The number of pyridine rings is 1. The quantitative estimate of drug-likeness (QED) is 0.793. The summed E-state index contributed by atoms with van der Waals surface area (Å²) >= 11 is 0. The number of rotatable bonds is 8. The fourth-order valence-electron chi connectivity index (χ4n) is 2.81. The fraction of sp³-hybridized carbons (Fsp3) is 0.688. The normalized spacial score (nSPS) is 18.2. The lowest BCUT2D eigenvalue weighted by Gasteiger charge is -2.29. The predicted octanol–water partition coefficient (Wildman–Crippen LogP) is 2.85. The van der Waals surface area contributed by atoms with Gasteiger partial charge in [0.2, 0.25) is 0 Å². The van der Waals surface area contributed by atoms with Gasteiger partial charge in [-0.05, 0) is 50.4 Å². The third-order valence-electron chi connectivity index (χ3n) is 4.16. The zero-order valence-electron chi connectivity index (χ0n) is 12.8. The van der Waals surface area contributed by atoms with E-state index in [4.69, 9.17) is 0 Å². The highest BCUT2D eigenvalue weighted by atomic mass is 19.1. The molecule has 0 bridgehead atoms. The minimum atomic E-state index is -0.278. The van der Waals surface area contributed by atoms with E-state index in [0.717, 1.165) is 24.7 Å². The van der Waals surface area contributed by atoms with Gasteiger partial charge in [-0.25, -0.2) is 4.39 Å². The van der Waals surface area contributed by atoms with Gasteiger partial charge in [0.05, 0.1) is 17.9 Å². The molecule has 1 saturated carbocycles. The lowest BCUT2D eigenvalue weighted by molar-refractivity contribution is 0.214. The Bertz CT molecular complexity index is 403. The molecule has 1 aromatic rings. The van der Waals surface area contributed by atoms with Crippen molar-refractivity contribution in [2.75, 3.05) is 26.7 Å². The van der Waals surface area contributed by atoms with E-state index in [1.54, 1.807) is 6.07 Å². The first-order valence-corrected chi connectivity index (χ1v) is 7.65. The second-order valence-corrected chi connectivity index (χ2v) is 5.94. The molecule has 2 atom stereocenters. The molecular formula is C16H26FN3. The summed E-state index contributed by atoms with van der Waals surface area (Å²) in [6, 6.07) is 3.44. The molecule has 0 aliphatic heterocycles. The van der Waals surface area contributed by atoms with Crippen LogP contribution in [-0.4, -0.2) is 36.6 Å². The van der Waals surface area contributed by atoms with E-state index >= 15 is 0 Å². The van der Waals surface area contributed by atoms with Crippen molar-refractivity contribution in [3.05, 3.63) is 29.8 Å². The summed E-state index contributed by atoms with van der Waals surface area (Å²) in [6.07, 6.45) is 4.08. The van der Waals surface area contributed by atoms with Crippen molar-refractivity contribution in [1.82, 2.24) is 15.2 Å². The Hall–Kier alpha value is -1.00. The maximum Gasteiger partial charge on any atom is 0.141 e. The first kappa shape index (κ1) is 15.4. The maximum absolute atomic E-state index is 13.0. The van der Waals surface area contributed by atoms with Crippen molar-refractivity contribution in [2.45, 2.75) is 32.7 Å². The molecule has 1 fully saturated rings. The molecule has 0 saturated heterocycles. The van der Waals surface area contributed by atoms with Crippen LogP contribution in [0.1, 0.15) is 38.4 Å². The molecule has 0 radical (unpaired) electrons. The van der Waals surface area contributed by atoms with Crippen LogP contribution < -0.4 is 5.32 Å². The van der Waals surface area contributed by atoms with Gasteiger partial charge in [0, 0.05) is 13.1 Å². The van der Waals surface area contributed by atoms with E-state index in [1.165, 1.54) is 31.6 Å². The minimum absolute atomic E-state index is 0.170. The molecule has 20 heavy (non-hydrogen) atoms. The summed E-state index contributed by atoms with van der Waals surface area (Å²) in [6.45, 7) is 7.82. The Balaban J connectivity index is 1.96. The van der Waals surface area contributed by atoms with Gasteiger partial charge in [0.1, 0.15) is 5.82 Å². The van der Waals surface area contributed by atoms with Crippen LogP contribution in [0.3, 0.4) is 0 Å². The molecule has 0 aromatic carbocycles. The first-order valence-electron chi connectivity index (χ1n) is 7.65. The van der Waals surface area contributed by atoms with Gasteiger partial charge in [-0.1, -0.05) is 13.8 Å². The second kappa shape index (κ2) is 7.14. The van der Waals surface area contributed by atoms with Crippen LogP contribution in [0.15, 0.2) is 18.3 Å². The van der Waals surface area contributed by atoms with Gasteiger partial charge in [0.15, 0.2) is 0 Å². The van der Waals surface area contributed by atoms with Crippen molar-refractivity contribution in [2.24, 2.45) is 11.8 Å². The van der Waals surface area contributed by atoms with Crippen LogP contribution >= 0.6 is 0 Å². The molecule has 1 N–H and O–H groups in total. The largest absolute Gasteiger partial charge is 0.311 e. The van der Waals surface area contributed by atoms with Gasteiger partial charge >= 0.3 is 0 Å². The monoisotopic (exact) mass is 279 g/mol. The minimum Gasteiger partial charge on any atom is -0.311 e. The molecule has 2 rings (SSSR count). The van der Waals surface area contributed by atoms with E-state index in [2.05, 4.69) is 29.0 Å². The molecule has 2 unspecified atom stereocenters. The highest BCUT2D eigenvalue weighted by Gasteiger charge is 2.26. The van der Waals surface area contributed by atoms with Crippen LogP contribution in [0.25, 0.3) is 0 Å². The third kappa shape index (κ3) is 4.25. The van der Waals surface area contributed by atoms with Gasteiger partial charge in [0.25, 0.3) is 0 Å². The summed E-state index contributed by atoms with van der Waals surface area (Å²) in [5.74, 6) is 1.08. The highest BCUT2D eigenvalue weighted by Crippen LogP contribution is 2.30. The summed E-state index contributed by atoms with van der Waals surface area (Å²) < 4.78 is 13.0. The summed E-state index contributed by atoms with van der Waals surface area (Å²) in [5, 5.41) is 3.32. The number of nitrogens with zero attached hydrogens (tertiary/aromatic N) is 2. The average molecular weight is 279 g/mol. The van der Waals surface area contributed by atoms with Crippen LogP contribution in [-0.2, 0) is 0 Å². The van der Waals surface area contributed by atoms with Crippen LogP contribution in [0.4, 0.5) is 4.39 Å². The van der Waals surface area contributed by atoms with Crippen LogP contribution in [0.5, 0.6) is 0 Å². The Kier molecular flexibility index (Phi) is 5.49. The van der Waals surface area contributed by atoms with Crippen molar-refractivity contribution < 1.29 is 4.39 Å². The zero-order valence-corrected chi connectivity index (χ0v) is 12.8. The van der Waals surface area contributed by atoms with Crippen LogP contribution in [0, 0.1) is 17.7 Å². The molecule has 1 aliphatic rings.